The number of hydrogen-bond donors (Lipinski definition) is 0. The molecule has 0 saturated carbocycles. The lowest BCUT2D eigenvalue weighted by atomic mass is 9.91. The fourth-order valence-electron chi connectivity index (χ4n) is 6.60. The van der Waals surface area contributed by atoms with Crippen LogP contribution >= 0.6 is 0 Å². The van der Waals surface area contributed by atoms with Crippen molar-refractivity contribution in [2.24, 2.45) is 0 Å². The maximum absolute atomic E-state index is 5.36. The monoisotopic (exact) mass is 639 g/mol. The molecular weight excluding hydrogens is 611 g/mol. The Kier molecular flexibility index (Phi) is 7.41. The SMILES string of the molecule is c1ccc(-c2nc(-c3ccccc3)nc(-c3ccc(-c4cccc5c4nc(-c4ccccn4)c4cccc(-c6ccccc6)c45)cc3)n2)cc1. The quantitative estimate of drug-likeness (QED) is 0.169. The second-order valence-corrected chi connectivity index (χ2v) is 12.1. The van der Waals surface area contributed by atoms with Crippen molar-refractivity contribution in [1.29, 1.82) is 0 Å². The van der Waals surface area contributed by atoms with Crippen molar-refractivity contribution in [3.05, 3.63) is 176 Å². The summed E-state index contributed by atoms with van der Waals surface area (Å²) >= 11 is 0. The molecule has 0 bridgehead atoms. The van der Waals surface area contributed by atoms with Crippen molar-refractivity contribution in [1.82, 2.24) is 24.9 Å². The third kappa shape index (κ3) is 5.37. The minimum absolute atomic E-state index is 0.622. The molecule has 0 aliphatic rings. The van der Waals surface area contributed by atoms with Crippen molar-refractivity contribution >= 4 is 21.7 Å². The van der Waals surface area contributed by atoms with Crippen LogP contribution in [0.2, 0.25) is 0 Å². The van der Waals surface area contributed by atoms with Crippen LogP contribution in [0.1, 0.15) is 0 Å². The second-order valence-electron chi connectivity index (χ2n) is 12.1. The van der Waals surface area contributed by atoms with Crippen LogP contribution in [0, 0.1) is 0 Å². The van der Waals surface area contributed by atoms with Gasteiger partial charge >= 0.3 is 0 Å². The Balaban J connectivity index is 1.21. The summed E-state index contributed by atoms with van der Waals surface area (Å²) in [4.78, 5) is 24.8. The summed E-state index contributed by atoms with van der Waals surface area (Å²) < 4.78 is 0. The third-order valence-corrected chi connectivity index (χ3v) is 8.99. The van der Waals surface area contributed by atoms with Crippen molar-refractivity contribution in [2.45, 2.75) is 0 Å². The molecule has 0 N–H and O–H groups in total. The average molecular weight is 640 g/mol. The molecule has 9 aromatic rings. The van der Waals surface area contributed by atoms with E-state index in [-0.39, 0.29) is 0 Å². The van der Waals surface area contributed by atoms with Gasteiger partial charge in [-0.1, -0.05) is 158 Å². The van der Waals surface area contributed by atoms with Crippen LogP contribution in [0.15, 0.2) is 176 Å². The van der Waals surface area contributed by atoms with Crippen LogP contribution in [0.4, 0.5) is 0 Å². The molecule has 0 aliphatic heterocycles. The molecule has 0 spiro atoms. The van der Waals surface area contributed by atoms with E-state index in [2.05, 4.69) is 91.0 Å². The van der Waals surface area contributed by atoms with E-state index in [1.54, 1.807) is 0 Å². The van der Waals surface area contributed by atoms with Gasteiger partial charge in [0.15, 0.2) is 17.5 Å². The van der Waals surface area contributed by atoms with Gasteiger partial charge in [0.1, 0.15) is 0 Å². The summed E-state index contributed by atoms with van der Waals surface area (Å²) in [6.07, 6.45) is 1.83. The summed E-state index contributed by atoms with van der Waals surface area (Å²) in [5, 5.41) is 3.33. The number of nitrogens with zero attached hydrogens (tertiary/aromatic N) is 5. The second kappa shape index (κ2) is 12.6. The van der Waals surface area contributed by atoms with Crippen LogP contribution in [-0.2, 0) is 0 Å². The van der Waals surface area contributed by atoms with Gasteiger partial charge in [-0.05, 0) is 28.8 Å². The molecule has 50 heavy (non-hydrogen) atoms. The molecule has 0 atom stereocenters. The van der Waals surface area contributed by atoms with Gasteiger partial charge in [0.05, 0.1) is 16.9 Å². The maximum atomic E-state index is 5.36. The van der Waals surface area contributed by atoms with Crippen LogP contribution in [-0.4, -0.2) is 24.9 Å². The molecule has 6 aromatic carbocycles. The Morgan fingerprint density at radius 1 is 0.320 bits per heavy atom. The van der Waals surface area contributed by atoms with E-state index < -0.39 is 0 Å². The molecule has 3 heterocycles. The molecule has 3 aromatic heterocycles. The van der Waals surface area contributed by atoms with Gasteiger partial charge < -0.3 is 0 Å². The van der Waals surface area contributed by atoms with Crippen LogP contribution in [0.5, 0.6) is 0 Å². The highest BCUT2D eigenvalue weighted by atomic mass is 15.0. The minimum Gasteiger partial charge on any atom is -0.255 e. The highest BCUT2D eigenvalue weighted by Gasteiger charge is 2.18. The minimum atomic E-state index is 0.622. The first-order valence-corrected chi connectivity index (χ1v) is 16.6. The zero-order valence-electron chi connectivity index (χ0n) is 27.0. The molecule has 0 unspecified atom stereocenters. The van der Waals surface area contributed by atoms with Gasteiger partial charge in [-0.3, -0.25) is 4.98 Å². The molecule has 9 rings (SSSR count). The zero-order valence-corrected chi connectivity index (χ0v) is 27.0. The van der Waals surface area contributed by atoms with Crippen LogP contribution < -0.4 is 0 Å². The van der Waals surface area contributed by atoms with Gasteiger partial charge in [0.25, 0.3) is 0 Å². The van der Waals surface area contributed by atoms with E-state index in [1.807, 2.05) is 85.1 Å². The van der Waals surface area contributed by atoms with Gasteiger partial charge in [-0.2, -0.15) is 0 Å². The van der Waals surface area contributed by atoms with E-state index in [0.717, 1.165) is 66.4 Å². The fourth-order valence-corrected chi connectivity index (χ4v) is 6.60. The molecular formula is C45H29N5. The Hall–Kier alpha value is -6.85. The lowest BCUT2D eigenvalue weighted by molar-refractivity contribution is 1.07. The van der Waals surface area contributed by atoms with Crippen molar-refractivity contribution < 1.29 is 0 Å². The number of para-hydroxylation sites is 1. The standard InChI is InChI=1S/C45H29N5/c1-4-14-30(15-5-1)35-20-12-23-38-40(35)37-22-13-21-36(41(37)47-42(38)39-24-10-11-29-46-39)31-25-27-34(28-26-31)45-49-43(32-16-6-2-7-17-32)48-44(50-45)33-18-8-3-9-19-33/h1-29H. The number of hydrogen-bond acceptors (Lipinski definition) is 5. The number of aromatic nitrogens is 5. The Bertz CT molecular complexity index is 2550. The van der Waals surface area contributed by atoms with Crippen LogP contribution in [0.3, 0.4) is 0 Å². The highest BCUT2D eigenvalue weighted by Crippen LogP contribution is 2.41. The third-order valence-electron chi connectivity index (χ3n) is 8.99. The Morgan fingerprint density at radius 3 is 1.38 bits per heavy atom. The van der Waals surface area contributed by atoms with Crippen LogP contribution in [0.25, 0.3) is 89.5 Å². The Labute approximate surface area is 289 Å². The smallest absolute Gasteiger partial charge is 0.164 e. The normalized spacial score (nSPS) is 11.2. The van der Waals surface area contributed by atoms with Gasteiger partial charge in [0, 0.05) is 44.6 Å². The fraction of sp³-hybridized carbons (Fsp3) is 0. The molecule has 5 nitrogen and oxygen atoms in total. The van der Waals surface area contributed by atoms with Gasteiger partial charge in [-0.25, -0.2) is 19.9 Å². The largest absolute Gasteiger partial charge is 0.255 e. The predicted octanol–water partition coefficient (Wildman–Crippen LogP) is 11.0. The van der Waals surface area contributed by atoms with Crippen molar-refractivity contribution in [2.75, 3.05) is 0 Å². The first-order chi connectivity index (χ1) is 24.8. The molecule has 0 amide bonds. The first kappa shape index (κ1) is 29.3. The van der Waals surface area contributed by atoms with Gasteiger partial charge in [0.2, 0.25) is 0 Å². The summed E-state index contributed by atoms with van der Waals surface area (Å²) in [5.74, 6) is 1.90. The predicted molar refractivity (Wildman–Crippen MR) is 203 cm³/mol. The summed E-state index contributed by atoms with van der Waals surface area (Å²) in [6, 6.07) is 58.0. The maximum Gasteiger partial charge on any atom is 0.164 e. The van der Waals surface area contributed by atoms with Gasteiger partial charge in [-0.15, -0.1) is 0 Å². The lowest BCUT2D eigenvalue weighted by Crippen LogP contribution is -2.00. The number of rotatable bonds is 6. The van der Waals surface area contributed by atoms with Crippen molar-refractivity contribution in [3.63, 3.8) is 0 Å². The molecule has 0 saturated heterocycles. The Morgan fingerprint density at radius 2 is 0.800 bits per heavy atom. The van der Waals surface area contributed by atoms with E-state index in [4.69, 9.17) is 24.9 Å². The number of pyridine rings is 2. The highest BCUT2D eigenvalue weighted by molar-refractivity contribution is 6.19. The topological polar surface area (TPSA) is 64.5 Å². The molecule has 234 valence electrons. The van der Waals surface area contributed by atoms with E-state index in [1.165, 1.54) is 5.56 Å². The number of benzene rings is 6. The molecule has 0 radical (unpaired) electrons. The lowest BCUT2D eigenvalue weighted by Gasteiger charge is -2.16. The van der Waals surface area contributed by atoms with E-state index >= 15 is 0 Å². The molecule has 0 fully saturated rings. The number of fused-ring (bicyclic) bond motifs is 3. The summed E-state index contributed by atoms with van der Waals surface area (Å²) in [5.41, 5.74) is 9.84. The molecule has 0 aliphatic carbocycles. The average Bonchev–Trinajstić information content (AvgIpc) is 3.21. The summed E-state index contributed by atoms with van der Waals surface area (Å²) in [6.45, 7) is 0. The van der Waals surface area contributed by atoms with E-state index in [0.29, 0.717) is 17.5 Å². The molecule has 5 heteroatoms. The van der Waals surface area contributed by atoms with E-state index in [9.17, 15) is 0 Å². The summed E-state index contributed by atoms with van der Waals surface area (Å²) in [7, 11) is 0. The first-order valence-electron chi connectivity index (χ1n) is 16.6. The van der Waals surface area contributed by atoms with Crippen molar-refractivity contribution in [3.8, 4) is 67.8 Å². The zero-order chi connectivity index (χ0) is 33.3.